The third-order valence-electron chi connectivity index (χ3n) is 3.19. The predicted molar refractivity (Wildman–Crippen MR) is 75.0 cm³/mol. The van der Waals surface area contributed by atoms with Crippen molar-refractivity contribution in [3.63, 3.8) is 0 Å². The Bertz CT molecular complexity index is 520. The molecule has 1 aliphatic heterocycles. The summed E-state index contributed by atoms with van der Waals surface area (Å²) < 4.78 is 18.7. The van der Waals surface area contributed by atoms with Crippen molar-refractivity contribution in [3.8, 4) is 0 Å². The van der Waals surface area contributed by atoms with E-state index in [-0.39, 0.29) is 5.91 Å². The monoisotopic (exact) mass is 297 g/mol. The van der Waals surface area contributed by atoms with E-state index < -0.39 is 22.4 Å². The molecule has 0 radical (unpaired) electrons. The molecule has 108 valence electrons. The van der Waals surface area contributed by atoms with Crippen molar-refractivity contribution in [2.75, 3.05) is 7.11 Å². The predicted octanol–water partition coefficient (Wildman–Crippen LogP) is 2.45. The molecule has 1 fully saturated rings. The molecule has 1 aromatic rings. The van der Waals surface area contributed by atoms with Gasteiger partial charge in [0.1, 0.15) is 0 Å². The zero-order valence-corrected chi connectivity index (χ0v) is 12.3. The number of benzene rings is 1. The van der Waals surface area contributed by atoms with E-state index in [4.69, 9.17) is 0 Å². The van der Waals surface area contributed by atoms with Gasteiger partial charge >= 0.3 is 5.97 Å². The maximum absolute atomic E-state index is 14.1. The van der Waals surface area contributed by atoms with Gasteiger partial charge in [0.25, 0.3) is 5.91 Å². The summed E-state index contributed by atoms with van der Waals surface area (Å²) >= 11 is 0.943. The van der Waals surface area contributed by atoms with Crippen LogP contribution in [0.15, 0.2) is 30.3 Å². The van der Waals surface area contributed by atoms with Crippen molar-refractivity contribution in [1.82, 2.24) is 4.90 Å². The van der Waals surface area contributed by atoms with Gasteiger partial charge in [0.05, 0.1) is 12.0 Å². The summed E-state index contributed by atoms with van der Waals surface area (Å²) in [7, 11) is 1.19. The molecule has 0 spiro atoms. The van der Waals surface area contributed by atoms with Gasteiger partial charge in [-0.05, 0) is 26.0 Å². The lowest BCUT2D eigenvalue weighted by molar-refractivity contribution is -0.147. The van der Waals surface area contributed by atoms with Crippen LogP contribution in [0, 0.1) is 0 Å². The molecule has 1 heterocycles. The summed E-state index contributed by atoms with van der Waals surface area (Å²) in [5.74, 6) is -1.11. The number of hydrogen-bond acceptors (Lipinski definition) is 4. The average molecular weight is 297 g/mol. The zero-order valence-electron chi connectivity index (χ0n) is 11.5. The Hall–Kier alpha value is -1.56. The normalized spacial score (nSPS) is 24.5. The molecule has 0 saturated carbocycles. The lowest BCUT2D eigenvalue weighted by atomic mass is 10.1. The lowest BCUT2D eigenvalue weighted by Gasteiger charge is -2.33. The minimum atomic E-state index is -1.50. The van der Waals surface area contributed by atoms with Crippen LogP contribution < -0.4 is 0 Å². The van der Waals surface area contributed by atoms with E-state index in [0.717, 1.165) is 11.8 Å². The quantitative estimate of drug-likeness (QED) is 0.787. The maximum atomic E-state index is 14.1. The highest BCUT2D eigenvalue weighted by molar-refractivity contribution is 8.01. The van der Waals surface area contributed by atoms with Crippen molar-refractivity contribution in [1.29, 1.82) is 0 Å². The number of nitrogens with zero attached hydrogens (tertiary/aromatic N) is 1. The summed E-state index contributed by atoms with van der Waals surface area (Å²) in [4.78, 5) is 24.8. The largest absolute Gasteiger partial charge is 0.467 e. The number of amides is 1. The molecule has 0 aromatic heterocycles. The number of esters is 1. The van der Waals surface area contributed by atoms with Gasteiger partial charge in [0.2, 0.25) is 0 Å². The highest BCUT2D eigenvalue weighted by atomic mass is 32.2. The molecule has 0 bridgehead atoms. The second-order valence-electron chi connectivity index (χ2n) is 4.92. The molecule has 0 N–H and O–H groups in total. The minimum absolute atomic E-state index is 0.376. The number of methoxy groups -OCH3 is 1. The van der Waals surface area contributed by atoms with Gasteiger partial charge in [-0.25, -0.2) is 9.18 Å². The minimum Gasteiger partial charge on any atom is -0.467 e. The molecule has 1 saturated heterocycles. The van der Waals surface area contributed by atoms with Gasteiger partial charge in [-0.1, -0.05) is 30.0 Å². The molecule has 2 rings (SSSR count). The Labute approximate surface area is 121 Å². The van der Waals surface area contributed by atoms with Crippen molar-refractivity contribution in [2.24, 2.45) is 0 Å². The van der Waals surface area contributed by atoms with Crippen LogP contribution in [0.4, 0.5) is 4.39 Å². The van der Waals surface area contributed by atoms with Crippen LogP contribution in [0.25, 0.3) is 0 Å². The summed E-state index contributed by atoms with van der Waals surface area (Å²) in [5.41, 5.74) is -1.07. The number of ether oxygens (including phenoxy) is 1. The molecule has 4 nitrogen and oxygen atoms in total. The number of hydrogen-bond donors (Lipinski definition) is 0. The molecule has 0 aliphatic carbocycles. The number of rotatable bonds is 2. The van der Waals surface area contributed by atoms with Gasteiger partial charge in [-0.15, -0.1) is 0 Å². The van der Waals surface area contributed by atoms with Gasteiger partial charge in [0, 0.05) is 5.56 Å². The second-order valence-corrected chi connectivity index (χ2v) is 6.61. The number of thioether (sulfide) groups is 1. The van der Waals surface area contributed by atoms with Crippen molar-refractivity contribution in [3.05, 3.63) is 35.9 Å². The van der Waals surface area contributed by atoms with E-state index in [9.17, 15) is 14.0 Å². The van der Waals surface area contributed by atoms with Crippen LogP contribution in [0.3, 0.4) is 0 Å². The Morgan fingerprint density at radius 2 is 1.90 bits per heavy atom. The van der Waals surface area contributed by atoms with Crippen LogP contribution in [-0.2, 0) is 9.53 Å². The molecular formula is C14H16FNO3S. The van der Waals surface area contributed by atoms with Crippen molar-refractivity contribution >= 4 is 23.6 Å². The first-order chi connectivity index (χ1) is 9.38. The zero-order chi connectivity index (χ0) is 14.9. The first-order valence-electron chi connectivity index (χ1n) is 6.17. The number of carbonyl (C=O) groups is 2. The fourth-order valence-corrected chi connectivity index (χ4v) is 3.50. The molecule has 0 unspecified atom stereocenters. The van der Waals surface area contributed by atoms with Crippen LogP contribution in [-0.4, -0.2) is 40.3 Å². The Kier molecular flexibility index (Phi) is 4.04. The first-order valence-corrected chi connectivity index (χ1v) is 7.05. The smallest absolute Gasteiger partial charge is 0.332 e. The van der Waals surface area contributed by atoms with Crippen molar-refractivity contribution in [2.45, 2.75) is 30.3 Å². The van der Waals surface area contributed by atoms with Gasteiger partial charge < -0.3 is 9.64 Å². The molecule has 6 heteroatoms. The van der Waals surface area contributed by atoms with E-state index in [1.54, 1.807) is 44.2 Å². The highest BCUT2D eigenvalue weighted by Crippen LogP contribution is 2.45. The number of alkyl halides is 1. The SMILES string of the molecule is COC(=O)[C@@H]1[C@@H](F)SC(C)(C)N1C(=O)c1ccccc1. The van der Waals surface area contributed by atoms with E-state index in [1.165, 1.54) is 12.0 Å². The summed E-state index contributed by atoms with van der Waals surface area (Å²) in [6.45, 7) is 3.43. The van der Waals surface area contributed by atoms with E-state index >= 15 is 0 Å². The summed E-state index contributed by atoms with van der Waals surface area (Å²) in [6, 6.07) is 7.31. The van der Waals surface area contributed by atoms with Crippen LogP contribution in [0.5, 0.6) is 0 Å². The van der Waals surface area contributed by atoms with Crippen LogP contribution in [0.1, 0.15) is 24.2 Å². The standard InChI is InChI=1S/C14H16FNO3S/c1-14(2)16(10(11(15)20-14)13(18)19-3)12(17)9-7-5-4-6-8-9/h4-8,10-11H,1-3H3/t10-,11-/m0/s1. The van der Waals surface area contributed by atoms with Crippen molar-refractivity contribution < 1.29 is 18.7 Å². The van der Waals surface area contributed by atoms with Crippen LogP contribution >= 0.6 is 11.8 Å². The Morgan fingerprint density at radius 3 is 2.45 bits per heavy atom. The van der Waals surface area contributed by atoms with Gasteiger partial charge in [-0.3, -0.25) is 4.79 Å². The molecule has 2 atom stereocenters. The fourth-order valence-electron chi connectivity index (χ4n) is 2.27. The Balaban J connectivity index is 2.39. The highest BCUT2D eigenvalue weighted by Gasteiger charge is 2.53. The number of halogens is 1. The molecule has 1 aliphatic rings. The summed E-state index contributed by atoms with van der Waals surface area (Å²) in [5, 5.41) is 0. The first kappa shape index (κ1) is 14.8. The third-order valence-corrected chi connectivity index (χ3v) is 4.45. The fraction of sp³-hybridized carbons (Fsp3) is 0.429. The maximum Gasteiger partial charge on any atom is 0.332 e. The summed E-state index contributed by atoms with van der Waals surface area (Å²) in [6.07, 6.45) is 0. The molecule has 1 amide bonds. The second kappa shape index (κ2) is 5.44. The van der Waals surface area contributed by atoms with E-state index in [0.29, 0.717) is 5.56 Å². The van der Waals surface area contributed by atoms with Gasteiger partial charge in [0.15, 0.2) is 11.5 Å². The average Bonchev–Trinajstić information content (AvgIpc) is 2.67. The van der Waals surface area contributed by atoms with E-state index in [1.807, 2.05) is 0 Å². The van der Waals surface area contributed by atoms with E-state index in [2.05, 4.69) is 4.74 Å². The van der Waals surface area contributed by atoms with Crippen LogP contribution in [0.2, 0.25) is 0 Å². The molecule has 20 heavy (non-hydrogen) atoms. The lowest BCUT2D eigenvalue weighted by Crippen LogP contribution is -2.51. The topological polar surface area (TPSA) is 46.6 Å². The van der Waals surface area contributed by atoms with Gasteiger partial charge in [-0.2, -0.15) is 0 Å². The third kappa shape index (κ3) is 2.52. The molecule has 1 aromatic carbocycles. The number of carbonyl (C=O) groups excluding carboxylic acids is 2. The molecular weight excluding hydrogens is 281 g/mol. The Morgan fingerprint density at radius 1 is 1.30 bits per heavy atom.